The van der Waals surface area contributed by atoms with E-state index in [-0.39, 0.29) is 0 Å². The zero-order valence-electron chi connectivity index (χ0n) is 11.9. The predicted molar refractivity (Wildman–Crippen MR) is 74.2 cm³/mol. The molecule has 0 aliphatic heterocycles. The molecule has 19 heavy (non-hydrogen) atoms. The van der Waals surface area contributed by atoms with Gasteiger partial charge in [0.15, 0.2) is 0 Å². The molecule has 0 amide bonds. The minimum Gasteiger partial charge on any atom is -0.473 e. The SMILES string of the molecule is C=C(C)CN(CC)C1CCCCC1.O=C(O)C(=O)O. The lowest BCUT2D eigenvalue weighted by Gasteiger charge is -2.33. The van der Waals surface area contributed by atoms with E-state index in [1.54, 1.807) is 0 Å². The van der Waals surface area contributed by atoms with Crippen molar-refractivity contribution in [3.8, 4) is 0 Å². The smallest absolute Gasteiger partial charge is 0.414 e. The Morgan fingerprint density at radius 1 is 1.16 bits per heavy atom. The average Bonchev–Trinajstić information content (AvgIpc) is 2.37. The Balaban J connectivity index is 0.000000459. The number of aliphatic carboxylic acids is 2. The second-order valence-electron chi connectivity index (χ2n) is 4.92. The molecule has 110 valence electrons. The summed E-state index contributed by atoms with van der Waals surface area (Å²) in [6, 6.07) is 0.843. The van der Waals surface area contributed by atoms with Crippen LogP contribution in [0.2, 0.25) is 0 Å². The van der Waals surface area contributed by atoms with Crippen molar-refractivity contribution in [2.24, 2.45) is 0 Å². The fourth-order valence-corrected chi connectivity index (χ4v) is 2.29. The van der Waals surface area contributed by atoms with Gasteiger partial charge in [0, 0.05) is 12.6 Å². The lowest BCUT2D eigenvalue weighted by atomic mass is 9.94. The van der Waals surface area contributed by atoms with Crippen molar-refractivity contribution in [3.63, 3.8) is 0 Å². The minimum atomic E-state index is -1.82. The van der Waals surface area contributed by atoms with E-state index in [0.29, 0.717) is 0 Å². The first-order valence-corrected chi connectivity index (χ1v) is 6.73. The molecular formula is C14H25NO4. The van der Waals surface area contributed by atoms with Crippen LogP contribution in [0.25, 0.3) is 0 Å². The second-order valence-corrected chi connectivity index (χ2v) is 4.92. The summed E-state index contributed by atoms with van der Waals surface area (Å²) in [6.45, 7) is 10.7. The van der Waals surface area contributed by atoms with Crippen LogP contribution in [0, 0.1) is 0 Å². The molecule has 0 bridgehead atoms. The normalized spacial score (nSPS) is 15.5. The zero-order valence-corrected chi connectivity index (χ0v) is 11.9. The fraction of sp³-hybridized carbons (Fsp3) is 0.714. The van der Waals surface area contributed by atoms with Gasteiger partial charge in [0.25, 0.3) is 0 Å². The van der Waals surface area contributed by atoms with Gasteiger partial charge in [-0.2, -0.15) is 0 Å². The van der Waals surface area contributed by atoms with E-state index in [9.17, 15) is 0 Å². The molecular weight excluding hydrogens is 246 g/mol. The average molecular weight is 271 g/mol. The Morgan fingerprint density at radius 2 is 1.63 bits per heavy atom. The molecule has 0 aromatic rings. The summed E-state index contributed by atoms with van der Waals surface area (Å²) >= 11 is 0. The molecule has 5 heteroatoms. The molecule has 1 aliphatic carbocycles. The molecule has 0 heterocycles. The van der Waals surface area contributed by atoms with E-state index in [1.807, 2.05) is 0 Å². The molecule has 0 atom stereocenters. The Hall–Kier alpha value is -1.36. The number of likely N-dealkylation sites (N-methyl/N-ethyl adjacent to an activating group) is 1. The van der Waals surface area contributed by atoms with E-state index in [2.05, 4.69) is 25.3 Å². The van der Waals surface area contributed by atoms with Crippen LogP contribution in [0.15, 0.2) is 12.2 Å². The zero-order chi connectivity index (χ0) is 14.8. The standard InChI is InChI=1S/C12H23N.C2H2O4/c1-4-13(10-11(2)3)12-8-6-5-7-9-12;3-1(4)2(5)6/h12H,2,4-10H2,1,3H3;(H,3,4)(H,5,6). The summed E-state index contributed by atoms with van der Waals surface area (Å²) in [5.74, 6) is -3.65. The first-order valence-electron chi connectivity index (χ1n) is 6.73. The third-order valence-electron chi connectivity index (χ3n) is 3.15. The quantitative estimate of drug-likeness (QED) is 0.606. The highest BCUT2D eigenvalue weighted by atomic mass is 16.4. The number of carboxylic acid groups (broad SMARTS) is 2. The van der Waals surface area contributed by atoms with Gasteiger partial charge in [-0.25, -0.2) is 9.59 Å². The fourth-order valence-electron chi connectivity index (χ4n) is 2.29. The Labute approximate surface area is 114 Å². The summed E-state index contributed by atoms with van der Waals surface area (Å²) in [4.78, 5) is 20.8. The molecule has 0 aromatic heterocycles. The van der Waals surface area contributed by atoms with Crippen molar-refractivity contribution in [1.82, 2.24) is 4.90 Å². The molecule has 0 unspecified atom stereocenters. The number of hydrogen-bond acceptors (Lipinski definition) is 3. The molecule has 1 saturated carbocycles. The number of rotatable bonds is 4. The van der Waals surface area contributed by atoms with Crippen LogP contribution < -0.4 is 0 Å². The third kappa shape index (κ3) is 8.37. The molecule has 0 aromatic carbocycles. The number of carboxylic acids is 2. The van der Waals surface area contributed by atoms with E-state index < -0.39 is 11.9 Å². The van der Waals surface area contributed by atoms with Crippen molar-refractivity contribution < 1.29 is 19.8 Å². The molecule has 0 radical (unpaired) electrons. The van der Waals surface area contributed by atoms with Crippen LogP contribution in [0.4, 0.5) is 0 Å². The Morgan fingerprint density at radius 3 is 1.95 bits per heavy atom. The van der Waals surface area contributed by atoms with Gasteiger partial charge in [-0.1, -0.05) is 38.3 Å². The van der Waals surface area contributed by atoms with Crippen LogP contribution in [0.1, 0.15) is 46.0 Å². The van der Waals surface area contributed by atoms with Gasteiger partial charge in [-0.3, -0.25) is 4.90 Å². The van der Waals surface area contributed by atoms with Gasteiger partial charge < -0.3 is 10.2 Å². The highest BCUT2D eigenvalue weighted by Gasteiger charge is 2.19. The highest BCUT2D eigenvalue weighted by Crippen LogP contribution is 2.22. The maximum atomic E-state index is 9.10. The van der Waals surface area contributed by atoms with Gasteiger partial charge >= 0.3 is 11.9 Å². The molecule has 2 N–H and O–H groups in total. The van der Waals surface area contributed by atoms with Crippen LogP contribution >= 0.6 is 0 Å². The third-order valence-corrected chi connectivity index (χ3v) is 3.15. The maximum Gasteiger partial charge on any atom is 0.414 e. The van der Waals surface area contributed by atoms with Crippen LogP contribution in [0.3, 0.4) is 0 Å². The maximum absolute atomic E-state index is 9.10. The highest BCUT2D eigenvalue weighted by molar-refractivity contribution is 6.27. The Bertz CT molecular complexity index is 297. The summed E-state index contributed by atoms with van der Waals surface area (Å²) in [5, 5.41) is 14.8. The Kier molecular flexibility index (Phi) is 8.87. The van der Waals surface area contributed by atoms with Crippen LogP contribution in [0.5, 0.6) is 0 Å². The van der Waals surface area contributed by atoms with Crippen LogP contribution in [-0.4, -0.2) is 46.2 Å². The van der Waals surface area contributed by atoms with Gasteiger partial charge in [0.1, 0.15) is 0 Å². The molecule has 0 spiro atoms. The molecule has 5 nitrogen and oxygen atoms in total. The summed E-state index contributed by atoms with van der Waals surface area (Å²) in [6.07, 6.45) is 7.11. The van der Waals surface area contributed by atoms with Crippen molar-refractivity contribution in [1.29, 1.82) is 0 Å². The topological polar surface area (TPSA) is 77.8 Å². The molecule has 1 fully saturated rings. The molecule has 0 saturated heterocycles. The van der Waals surface area contributed by atoms with Gasteiger partial charge in [0.2, 0.25) is 0 Å². The lowest BCUT2D eigenvalue weighted by molar-refractivity contribution is -0.159. The molecule has 1 aliphatic rings. The summed E-state index contributed by atoms with van der Waals surface area (Å²) < 4.78 is 0. The van der Waals surface area contributed by atoms with Gasteiger partial charge in [-0.05, 0) is 26.3 Å². The number of hydrogen-bond donors (Lipinski definition) is 2. The first-order chi connectivity index (χ1) is 8.88. The summed E-state index contributed by atoms with van der Waals surface area (Å²) in [5.41, 5.74) is 1.30. The van der Waals surface area contributed by atoms with E-state index >= 15 is 0 Å². The first kappa shape index (κ1) is 17.6. The predicted octanol–water partition coefficient (Wildman–Crippen LogP) is 2.37. The van der Waals surface area contributed by atoms with Crippen molar-refractivity contribution in [2.75, 3.05) is 13.1 Å². The van der Waals surface area contributed by atoms with E-state index in [0.717, 1.165) is 12.6 Å². The van der Waals surface area contributed by atoms with Gasteiger partial charge in [0.05, 0.1) is 0 Å². The monoisotopic (exact) mass is 271 g/mol. The summed E-state index contributed by atoms with van der Waals surface area (Å²) in [7, 11) is 0. The number of nitrogens with zero attached hydrogens (tertiary/aromatic N) is 1. The van der Waals surface area contributed by atoms with E-state index in [1.165, 1.54) is 44.2 Å². The minimum absolute atomic E-state index is 0.843. The number of carbonyl (C=O) groups is 2. The molecule has 1 rings (SSSR count). The van der Waals surface area contributed by atoms with Gasteiger partial charge in [-0.15, -0.1) is 0 Å². The van der Waals surface area contributed by atoms with Crippen LogP contribution in [-0.2, 0) is 9.59 Å². The van der Waals surface area contributed by atoms with Crippen molar-refractivity contribution in [3.05, 3.63) is 12.2 Å². The van der Waals surface area contributed by atoms with E-state index in [4.69, 9.17) is 19.8 Å². The second kappa shape index (κ2) is 9.55. The van der Waals surface area contributed by atoms with Crippen molar-refractivity contribution >= 4 is 11.9 Å². The lowest BCUT2D eigenvalue weighted by Crippen LogP contribution is -2.37. The van der Waals surface area contributed by atoms with Crippen molar-refractivity contribution in [2.45, 2.75) is 52.0 Å². The largest absolute Gasteiger partial charge is 0.473 e.